The van der Waals surface area contributed by atoms with Gasteiger partial charge in [-0.1, -0.05) is 6.92 Å². The molecule has 0 bridgehead atoms. The predicted molar refractivity (Wildman–Crippen MR) is 50.9 cm³/mol. The fraction of sp³-hybridized carbons (Fsp3) is 1.00. The molecule has 0 aromatic rings. The zero-order valence-corrected chi connectivity index (χ0v) is 8.19. The zero-order chi connectivity index (χ0) is 8.53. The van der Waals surface area contributed by atoms with E-state index < -0.39 is 0 Å². The lowest BCUT2D eigenvalue weighted by atomic mass is 10.3. The normalized spacial score (nSPS) is 10.9. The first-order valence-corrected chi connectivity index (χ1v) is 4.64. The average molecular weight is 158 g/mol. The summed E-state index contributed by atoms with van der Waals surface area (Å²) >= 11 is 0. The van der Waals surface area contributed by atoms with E-state index >= 15 is 0 Å². The predicted octanol–water partition coefficient (Wildman–Crippen LogP) is 1.33. The maximum absolute atomic E-state index is 3.15. The first-order valence-electron chi connectivity index (χ1n) is 4.64. The number of hydrogen-bond donors (Lipinski definition) is 1. The summed E-state index contributed by atoms with van der Waals surface area (Å²) in [4.78, 5) is 2.40. The molecule has 0 aliphatic heterocycles. The minimum Gasteiger partial charge on any atom is -0.320 e. The lowest BCUT2D eigenvalue weighted by Crippen LogP contribution is -2.21. The van der Waals surface area contributed by atoms with E-state index in [1.165, 1.54) is 32.4 Å². The van der Waals surface area contributed by atoms with Crippen LogP contribution in [0.2, 0.25) is 0 Å². The maximum Gasteiger partial charge on any atom is -0.00213 e. The minimum atomic E-state index is 1.15. The smallest absolute Gasteiger partial charge is 0.00213 e. The van der Waals surface area contributed by atoms with Crippen molar-refractivity contribution >= 4 is 0 Å². The monoisotopic (exact) mass is 158 g/mol. The molecule has 0 aliphatic carbocycles. The van der Waals surface area contributed by atoms with Crippen molar-refractivity contribution in [1.82, 2.24) is 10.2 Å². The van der Waals surface area contributed by atoms with Crippen molar-refractivity contribution in [3.63, 3.8) is 0 Å². The molecule has 2 heteroatoms. The Labute approximate surface area is 71.0 Å². The van der Waals surface area contributed by atoms with Crippen LogP contribution < -0.4 is 5.32 Å². The van der Waals surface area contributed by atoms with Crippen molar-refractivity contribution in [2.24, 2.45) is 0 Å². The lowest BCUT2D eigenvalue weighted by molar-refractivity contribution is 0.326. The topological polar surface area (TPSA) is 15.3 Å². The molecule has 0 radical (unpaired) electrons. The van der Waals surface area contributed by atoms with Crippen LogP contribution in [0.3, 0.4) is 0 Å². The van der Waals surface area contributed by atoms with E-state index in [9.17, 15) is 0 Å². The van der Waals surface area contributed by atoms with Crippen molar-refractivity contribution in [2.75, 3.05) is 33.7 Å². The van der Waals surface area contributed by atoms with Gasteiger partial charge < -0.3 is 10.2 Å². The molecule has 11 heavy (non-hydrogen) atoms. The summed E-state index contributed by atoms with van der Waals surface area (Å²) in [6, 6.07) is 0. The molecule has 0 aromatic carbocycles. The van der Waals surface area contributed by atoms with E-state index in [1.807, 2.05) is 7.05 Å². The molecule has 2 nitrogen and oxygen atoms in total. The first-order chi connectivity index (χ1) is 5.31. The number of hydrogen-bond acceptors (Lipinski definition) is 2. The van der Waals surface area contributed by atoms with E-state index in [4.69, 9.17) is 0 Å². The standard InChI is InChI=1S/C9H22N2/c1-4-8-11(3)9-6-5-7-10-2/h10H,4-9H2,1-3H3. The van der Waals surface area contributed by atoms with Crippen molar-refractivity contribution in [2.45, 2.75) is 26.2 Å². The van der Waals surface area contributed by atoms with Crippen LogP contribution in [0.15, 0.2) is 0 Å². The summed E-state index contributed by atoms with van der Waals surface area (Å²) in [6.45, 7) is 5.86. The summed E-state index contributed by atoms with van der Waals surface area (Å²) < 4.78 is 0. The van der Waals surface area contributed by atoms with Gasteiger partial charge in [0.25, 0.3) is 0 Å². The molecule has 0 rings (SSSR count). The van der Waals surface area contributed by atoms with Crippen LogP contribution in [0.4, 0.5) is 0 Å². The van der Waals surface area contributed by atoms with E-state index in [-0.39, 0.29) is 0 Å². The van der Waals surface area contributed by atoms with Gasteiger partial charge in [-0.2, -0.15) is 0 Å². The Bertz CT molecular complexity index is 74.0. The van der Waals surface area contributed by atoms with Gasteiger partial charge in [0.1, 0.15) is 0 Å². The van der Waals surface area contributed by atoms with Gasteiger partial charge in [-0.3, -0.25) is 0 Å². The summed E-state index contributed by atoms with van der Waals surface area (Å²) in [6.07, 6.45) is 3.88. The van der Waals surface area contributed by atoms with Gasteiger partial charge >= 0.3 is 0 Å². The third-order valence-electron chi connectivity index (χ3n) is 1.82. The van der Waals surface area contributed by atoms with Crippen LogP contribution in [0.25, 0.3) is 0 Å². The molecular formula is C9H22N2. The molecular weight excluding hydrogens is 136 g/mol. The van der Waals surface area contributed by atoms with E-state index in [1.54, 1.807) is 0 Å². The first kappa shape index (κ1) is 10.9. The van der Waals surface area contributed by atoms with Crippen molar-refractivity contribution in [3.05, 3.63) is 0 Å². The van der Waals surface area contributed by atoms with Gasteiger partial charge in [-0.05, 0) is 53.0 Å². The molecule has 0 unspecified atom stereocenters. The highest BCUT2D eigenvalue weighted by atomic mass is 15.1. The molecule has 0 aliphatic rings. The van der Waals surface area contributed by atoms with Gasteiger partial charge in [0.2, 0.25) is 0 Å². The number of rotatable bonds is 7. The zero-order valence-electron chi connectivity index (χ0n) is 8.19. The van der Waals surface area contributed by atoms with Crippen molar-refractivity contribution in [3.8, 4) is 0 Å². The second kappa shape index (κ2) is 8.02. The molecule has 68 valence electrons. The highest BCUT2D eigenvalue weighted by Crippen LogP contribution is 1.92. The molecule has 1 N–H and O–H groups in total. The quantitative estimate of drug-likeness (QED) is 0.562. The Morgan fingerprint density at radius 1 is 1.18 bits per heavy atom. The van der Waals surface area contributed by atoms with E-state index in [0.717, 1.165) is 6.54 Å². The Morgan fingerprint density at radius 3 is 2.45 bits per heavy atom. The summed E-state index contributed by atoms with van der Waals surface area (Å²) in [5, 5.41) is 3.15. The minimum absolute atomic E-state index is 1.15. The molecule has 0 spiro atoms. The van der Waals surface area contributed by atoms with E-state index in [0.29, 0.717) is 0 Å². The van der Waals surface area contributed by atoms with Crippen LogP contribution in [-0.2, 0) is 0 Å². The third-order valence-corrected chi connectivity index (χ3v) is 1.82. The van der Waals surface area contributed by atoms with Gasteiger partial charge in [0.15, 0.2) is 0 Å². The summed E-state index contributed by atoms with van der Waals surface area (Å²) in [5.41, 5.74) is 0. The van der Waals surface area contributed by atoms with Gasteiger partial charge in [0, 0.05) is 0 Å². The van der Waals surface area contributed by atoms with Crippen LogP contribution in [-0.4, -0.2) is 38.6 Å². The molecule has 0 heterocycles. The maximum atomic E-state index is 3.15. The second-order valence-corrected chi connectivity index (χ2v) is 3.11. The second-order valence-electron chi connectivity index (χ2n) is 3.11. The molecule has 0 aromatic heterocycles. The van der Waals surface area contributed by atoms with Gasteiger partial charge in [0.05, 0.1) is 0 Å². The summed E-state index contributed by atoms with van der Waals surface area (Å²) in [5.74, 6) is 0. The fourth-order valence-electron chi connectivity index (χ4n) is 1.18. The van der Waals surface area contributed by atoms with E-state index in [2.05, 4.69) is 24.2 Å². The van der Waals surface area contributed by atoms with Crippen LogP contribution in [0.1, 0.15) is 26.2 Å². The molecule has 0 amide bonds. The van der Waals surface area contributed by atoms with Gasteiger partial charge in [-0.15, -0.1) is 0 Å². The van der Waals surface area contributed by atoms with Crippen molar-refractivity contribution < 1.29 is 0 Å². The Hall–Kier alpha value is -0.0800. The van der Waals surface area contributed by atoms with Crippen LogP contribution in [0.5, 0.6) is 0 Å². The average Bonchev–Trinajstić information content (AvgIpc) is 1.99. The number of nitrogens with zero attached hydrogens (tertiary/aromatic N) is 1. The Kier molecular flexibility index (Phi) is 7.96. The summed E-state index contributed by atoms with van der Waals surface area (Å²) in [7, 11) is 4.21. The lowest BCUT2D eigenvalue weighted by Gasteiger charge is -2.14. The highest BCUT2D eigenvalue weighted by molar-refractivity contribution is 4.51. The Balaban J connectivity index is 2.97. The largest absolute Gasteiger partial charge is 0.320 e. The van der Waals surface area contributed by atoms with Crippen LogP contribution >= 0.6 is 0 Å². The highest BCUT2D eigenvalue weighted by Gasteiger charge is 1.94. The molecule has 0 saturated heterocycles. The number of unbranched alkanes of at least 4 members (excludes halogenated alkanes) is 1. The molecule has 0 atom stereocenters. The molecule has 0 saturated carbocycles. The van der Waals surface area contributed by atoms with Crippen molar-refractivity contribution in [1.29, 1.82) is 0 Å². The van der Waals surface area contributed by atoms with Gasteiger partial charge in [-0.25, -0.2) is 0 Å². The fourth-order valence-corrected chi connectivity index (χ4v) is 1.18. The third kappa shape index (κ3) is 7.82. The SMILES string of the molecule is CCCN(C)CCCCNC. The van der Waals surface area contributed by atoms with Crippen LogP contribution in [0, 0.1) is 0 Å². The molecule has 0 fully saturated rings. The Morgan fingerprint density at radius 2 is 1.91 bits per heavy atom. The number of nitrogens with one attached hydrogen (secondary N) is 1.